The van der Waals surface area contributed by atoms with Gasteiger partial charge in [0.15, 0.2) is 0 Å². The number of nitro benzene ring substituents is 1. The predicted molar refractivity (Wildman–Crippen MR) is 60.3 cm³/mol. The highest BCUT2D eigenvalue weighted by Crippen LogP contribution is 2.24. The average Bonchev–Trinajstić information content (AvgIpc) is 2.17. The van der Waals surface area contributed by atoms with Crippen LogP contribution in [0, 0.1) is 16.0 Å². The first-order valence-corrected chi connectivity index (χ1v) is 5.02. The fraction of sp³-hybridized carbons (Fsp3) is 0.400. The van der Waals surface area contributed by atoms with Crippen LogP contribution in [0.15, 0.2) is 18.2 Å². The maximum atomic E-state index is 10.5. The van der Waals surface area contributed by atoms with E-state index >= 15 is 0 Å². The van der Waals surface area contributed by atoms with Gasteiger partial charge in [-0.25, -0.2) is 0 Å². The number of ether oxygens (including phenoxy) is 1. The Hall–Kier alpha value is -1.82. The smallest absolute Gasteiger partial charge is 0.271 e. The van der Waals surface area contributed by atoms with Gasteiger partial charge in [-0.1, -0.05) is 0 Å². The molecule has 0 aliphatic carbocycles. The number of benzene rings is 1. The van der Waals surface area contributed by atoms with E-state index in [1.54, 1.807) is 6.07 Å². The summed E-state index contributed by atoms with van der Waals surface area (Å²) in [5, 5.41) is 13.7. The summed E-state index contributed by atoms with van der Waals surface area (Å²) in [5.74, 6) is 0.509. The fourth-order valence-electron chi connectivity index (χ4n) is 1.48. The molecule has 1 aliphatic rings. The molecule has 1 aliphatic heterocycles. The van der Waals surface area contributed by atoms with E-state index in [9.17, 15) is 10.1 Å². The van der Waals surface area contributed by atoms with Gasteiger partial charge in [-0.05, 0) is 6.07 Å². The van der Waals surface area contributed by atoms with Crippen LogP contribution in [-0.4, -0.2) is 24.7 Å². The summed E-state index contributed by atoms with van der Waals surface area (Å²) in [7, 11) is 0. The molecular formula is C10H13N3O3. The van der Waals surface area contributed by atoms with Crippen LogP contribution in [0.2, 0.25) is 0 Å². The molecule has 2 rings (SSSR count). The van der Waals surface area contributed by atoms with Gasteiger partial charge in [0, 0.05) is 24.6 Å². The van der Waals surface area contributed by atoms with Gasteiger partial charge in [-0.2, -0.15) is 0 Å². The molecule has 0 bridgehead atoms. The van der Waals surface area contributed by atoms with Crippen LogP contribution in [0.1, 0.15) is 0 Å². The monoisotopic (exact) mass is 223 g/mol. The minimum atomic E-state index is -0.458. The molecule has 0 atom stereocenters. The van der Waals surface area contributed by atoms with Crippen LogP contribution in [-0.2, 0) is 4.74 Å². The van der Waals surface area contributed by atoms with Gasteiger partial charge in [-0.3, -0.25) is 10.1 Å². The van der Waals surface area contributed by atoms with Gasteiger partial charge < -0.3 is 15.8 Å². The van der Waals surface area contributed by atoms with E-state index in [-0.39, 0.29) is 5.69 Å². The number of nitrogens with two attached hydrogens (primary N) is 1. The first-order valence-electron chi connectivity index (χ1n) is 5.02. The first kappa shape index (κ1) is 10.7. The maximum absolute atomic E-state index is 10.5. The van der Waals surface area contributed by atoms with Crippen molar-refractivity contribution in [3.8, 4) is 0 Å². The molecule has 0 unspecified atom stereocenters. The van der Waals surface area contributed by atoms with E-state index in [0.717, 1.165) is 25.4 Å². The topological polar surface area (TPSA) is 90.4 Å². The number of nitrogens with zero attached hydrogens (tertiary/aromatic N) is 1. The third-order valence-electron chi connectivity index (χ3n) is 2.53. The lowest BCUT2D eigenvalue weighted by Crippen LogP contribution is -2.33. The van der Waals surface area contributed by atoms with Crippen LogP contribution in [0.25, 0.3) is 0 Å². The second-order valence-corrected chi connectivity index (χ2v) is 3.81. The Morgan fingerprint density at radius 2 is 2.31 bits per heavy atom. The lowest BCUT2D eigenvalue weighted by Gasteiger charge is -2.26. The van der Waals surface area contributed by atoms with E-state index in [1.165, 1.54) is 12.1 Å². The largest absolute Gasteiger partial charge is 0.397 e. The summed E-state index contributed by atoms with van der Waals surface area (Å²) >= 11 is 0. The van der Waals surface area contributed by atoms with E-state index in [1.807, 2.05) is 0 Å². The zero-order chi connectivity index (χ0) is 11.5. The predicted octanol–water partition coefficient (Wildman–Crippen LogP) is 1.24. The van der Waals surface area contributed by atoms with Crippen LogP contribution >= 0.6 is 0 Å². The number of hydrogen-bond donors (Lipinski definition) is 2. The van der Waals surface area contributed by atoms with E-state index < -0.39 is 4.92 Å². The van der Waals surface area contributed by atoms with Crippen LogP contribution in [0.5, 0.6) is 0 Å². The van der Waals surface area contributed by atoms with Crippen LogP contribution in [0.3, 0.4) is 0 Å². The first-order chi connectivity index (χ1) is 7.66. The van der Waals surface area contributed by atoms with Crippen molar-refractivity contribution in [2.75, 3.05) is 30.8 Å². The molecule has 0 aromatic heterocycles. The molecule has 86 valence electrons. The SMILES string of the molecule is Nc1cc([N+](=O)[O-])ccc1NCC1COC1. The molecule has 0 spiro atoms. The minimum absolute atomic E-state index is 0.00928. The molecule has 6 heteroatoms. The Morgan fingerprint density at radius 1 is 1.56 bits per heavy atom. The Bertz CT molecular complexity index is 404. The van der Waals surface area contributed by atoms with Crippen LogP contribution in [0.4, 0.5) is 17.1 Å². The van der Waals surface area contributed by atoms with E-state index in [2.05, 4.69) is 5.32 Å². The number of nitrogen functional groups attached to an aromatic ring is 1. The van der Waals surface area contributed by atoms with Gasteiger partial charge in [0.1, 0.15) is 0 Å². The number of nitro groups is 1. The fourth-order valence-corrected chi connectivity index (χ4v) is 1.48. The average molecular weight is 223 g/mol. The Labute approximate surface area is 92.5 Å². The molecule has 1 fully saturated rings. The number of hydrogen-bond acceptors (Lipinski definition) is 5. The molecule has 3 N–H and O–H groups in total. The second-order valence-electron chi connectivity index (χ2n) is 3.81. The molecule has 16 heavy (non-hydrogen) atoms. The molecule has 0 radical (unpaired) electrons. The highest BCUT2D eigenvalue weighted by Gasteiger charge is 2.18. The summed E-state index contributed by atoms with van der Waals surface area (Å²) < 4.78 is 5.04. The van der Waals surface area contributed by atoms with Crippen molar-refractivity contribution >= 4 is 17.1 Å². The summed E-state index contributed by atoms with van der Waals surface area (Å²) in [6, 6.07) is 4.43. The molecule has 6 nitrogen and oxygen atoms in total. The lowest BCUT2D eigenvalue weighted by molar-refractivity contribution is -0.384. The third kappa shape index (κ3) is 2.22. The number of anilines is 2. The number of non-ortho nitro benzene ring substituents is 1. The number of nitrogens with one attached hydrogen (secondary N) is 1. The summed E-state index contributed by atoms with van der Waals surface area (Å²) in [6.07, 6.45) is 0. The third-order valence-corrected chi connectivity index (χ3v) is 2.53. The van der Waals surface area contributed by atoms with Gasteiger partial charge in [0.25, 0.3) is 5.69 Å². The molecule has 0 saturated carbocycles. The normalized spacial score (nSPS) is 15.5. The summed E-state index contributed by atoms with van der Waals surface area (Å²) in [6.45, 7) is 2.31. The summed E-state index contributed by atoms with van der Waals surface area (Å²) in [4.78, 5) is 10.0. The van der Waals surface area contributed by atoms with Gasteiger partial charge in [-0.15, -0.1) is 0 Å². The highest BCUT2D eigenvalue weighted by molar-refractivity contribution is 5.69. The quantitative estimate of drug-likeness (QED) is 0.455. The number of rotatable bonds is 4. The molecule has 1 aromatic rings. The van der Waals surface area contributed by atoms with Crippen molar-refractivity contribution in [1.82, 2.24) is 0 Å². The zero-order valence-corrected chi connectivity index (χ0v) is 8.68. The van der Waals surface area contributed by atoms with Crippen molar-refractivity contribution < 1.29 is 9.66 Å². The maximum Gasteiger partial charge on any atom is 0.271 e. The van der Waals surface area contributed by atoms with Crippen molar-refractivity contribution in [3.05, 3.63) is 28.3 Å². The van der Waals surface area contributed by atoms with Crippen molar-refractivity contribution in [2.24, 2.45) is 5.92 Å². The Kier molecular flexibility index (Phi) is 2.91. The highest BCUT2D eigenvalue weighted by atomic mass is 16.6. The van der Waals surface area contributed by atoms with Gasteiger partial charge >= 0.3 is 0 Å². The van der Waals surface area contributed by atoms with Crippen molar-refractivity contribution in [3.63, 3.8) is 0 Å². The van der Waals surface area contributed by atoms with Crippen LogP contribution < -0.4 is 11.1 Å². The van der Waals surface area contributed by atoms with Crippen molar-refractivity contribution in [1.29, 1.82) is 0 Å². The summed E-state index contributed by atoms with van der Waals surface area (Å²) in [5.41, 5.74) is 6.85. The molecule has 0 amide bonds. The van der Waals surface area contributed by atoms with Gasteiger partial charge in [0.2, 0.25) is 0 Å². The Morgan fingerprint density at radius 3 is 2.81 bits per heavy atom. The molecule has 1 heterocycles. The molecule has 1 aromatic carbocycles. The molecular weight excluding hydrogens is 210 g/mol. The standard InChI is InChI=1S/C10H13N3O3/c11-9-3-8(13(14)15)1-2-10(9)12-4-7-5-16-6-7/h1-3,7,12H,4-6,11H2. The minimum Gasteiger partial charge on any atom is -0.397 e. The van der Waals surface area contributed by atoms with Crippen molar-refractivity contribution in [2.45, 2.75) is 0 Å². The zero-order valence-electron chi connectivity index (χ0n) is 8.68. The second kappa shape index (κ2) is 4.36. The lowest BCUT2D eigenvalue weighted by atomic mass is 10.1. The van der Waals surface area contributed by atoms with E-state index in [0.29, 0.717) is 11.6 Å². The molecule has 1 saturated heterocycles. The van der Waals surface area contributed by atoms with Gasteiger partial charge in [0.05, 0.1) is 29.5 Å². The Balaban J connectivity index is 2.00. The van der Waals surface area contributed by atoms with E-state index in [4.69, 9.17) is 10.5 Å².